The van der Waals surface area contributed by atoms with E-state index < -0.39 is 27.8 Å². The van der Waals surface area contributed by atoms with Crippen molar-refractivity contribution in [2.75, 3.05) is 5.32 Å². The summed E-state index contributed by atoms with van der Waals surface area (Å²) in [6, 6.07) is 12.5. The smallest absolute Gasteiger partial charge is 0.322 e. The van der Waals surface area contributed by atoms with Gasteiger partial charge < -0.3 is 5.32 Å². The molecule has 0 aromatic heterocycles. The Balaban J connectivity index is 1.96. The quantitative estimate of drug-likeness (QED) is 0.646. The van der Waals surface area contributed by atoms with E-state index in [2.05, 4.69) is 5.32 Å². The van der Waals surface area contributed by atoms with E-state index in [-0.39, 0.29) is 21.5 Å². The summed E-state index contributed by atoms with van der Waals surface area (Å²) >= 11 is 0. The Morgan fingerprint density at radius 2 is 1.59 bits per heavy atom. The number of alkyl halides is 3. The number of rotatable bonds is 3. The molecule has 27 heavy (non-hydrogen) atoms. The molecule has 0 heterocycles. The monoisotopic (exact) mass is 395 g/mol. The second kappa shape index (κ2) is 6.67. The van der Waals surface area contributed by atoms with Crippen LogP contribution in [0.15, 0.2) is 65.6 Å². The fourth-order valence-corrected chi connectivity index (χ4v) is 3.31. The topological polar surface area (TPSA) is 83.5 Å². The SMILES string of the molecule is O=C(Nc1cc(S(=O)(=O)O)c2ccccc2c1)c1ccc(C(F)(F)F)cc1. The van der Waals surface area contributed by atoms with Crippen LogP contribution in [-0.2, 0) is 16.3 Å². The minimum Gasteiger partial charge on any atom is -0.322 e. The number of nitrogens with one attached hydrogen (secondary N) is 1. The molecule has 2 N–H and O–H groups in total. The molecular formula is C18H12F3NO4S. The number of hydrogen-bond donors (Lipinski definition) is 2. The third kappa shape index (κ3) is 4.09. The predicted octanol–water partition coefficient (Wildman–Crippen LogP) is 4.36. The van der Waals surface area contributed by atoms with Crippen molar-refractivity contribution in [3.8, 4) is 0 Å². The lowest BCUT2D eigenvalue weighted by atomic mass is 10.1. The van der Waals surface area contributed by atoms with Crippen molar-refractivity contribution in [2.45, 2.75) is 11.1 Å². The maximum atomic E-state index is 12.6. The highest BCUT2D eigenvalue weighted by Gasteiger charge is 2.30. The van der Waals surface area contributed by atoms with Gasteiger partial charge in [0.2, 0.25) is 0 Å². The molecular weight excluding hydrogens is 383 g/mol. The van der Waals surface area contributed by atoms with Crippen LogP contribution >= 0.6 is 0 Å². The molecule has 0 atom stereocenters. The first-order chi connectivity index (χ1) is 12.6. The van der Waals surface area contributed by atoms with E-state index in [9.17, 15) is 30.9 Å². The van der Waals surface area contributed by atoms with Gasteiger partial charge in [0.05, 0.1) is 5.56 Å². The molecule has 3 aromatic carbocycles. The average molecular weight is 395 g/mol. The molecule has 3 aromatic rings. The van der Waals surface area contributed by atoms with Crippen LogP contribution in [0.5, 0.6) is 0 Å². The van der Waals surface area contributed by atoms with Crippen molar-refractivity contribution >= 4 is 32.5 Å². The Labute approximate surface area is 152 Å². The summed E-state index contributed by atoms with van der Waals surface area (Å²) in [5.41, 5.74) is -0.853. The molecule has 0 aliphatic heterocycles. The number of carbonyl (C=O) groups excluding carboxylic acids is 1. The number of carbonyl (C=O) groups is 1. The molecule has 140 valence electrons. The summed E-state index contributed by atoms with van der Waals surface area (Å²) < 4.78 is 70.4. The molecule has 9 heteroatoms. The predicted molar refractivity (Wildman–Crippen MR) is 93.2 cm³/mol. The molecule has 5 nitrogen and oxygen atoms in total. The highest BCUT2D eigenvalue weighted by atomic mass is 32.2. The van der Waals surface area contributed by atoms with E-state index in [4.69, 9.17) is 0 Å². The Hall–Kier alpha value is -2.91. The zero-order chi connectivity index (χ0) is 19.8. The van der Waals surface area contributed by atoms with E-state index >= 15 is 0 Å². The minimum atomic E-state index is -4.55. The van der Waals surface area contributed by atoms with Gasteiger partial charge in [-0.1, -0.05) is 24.3 Å². The van der Waals surface area contributed by atoms with Crippen molar-refractivity contribution in [3.05, 3.63) is 71.8 Å². The van der Waals surface area contributed by atoms with Crippen molar-refractivity contribution in [2.24, 2.45) is 0 Å². The fraction of sp³-hybridized carbons (Fsp3) is 0.0556. The van der Waals surface area contributed by atoms with Crippen molar-refractivity contribution in [1.82, 2.24) is 0 Å². The summed E-state index contributed by atoms with van der Waals surface area (Å²) in [6.45, 7) is 0. The highest BCUT2D eigenvalue weighted by Crippen LogP contribution is 2.30. The summed E-state index contributed by atoms with van der Waals surface area (Å²) in [5, 5.41) is 3.15. The second-order valence-electron chi connectivity index (χ2n) is 5.70. The molecule has 0 spiro atoms. The van der Waals surface area contributed by atoms with E-state index in [1.165, 1.54) is 12.1 Å². The van der Waals surface area contributed by atoms with E-state index in [0.29, 0.717) is 5.39 Å². The first kappa shape index (κ1) is 18.9. The van der Waals surface area contributed by atoms with E-state index in [1.807, 2.05) is 0 Å². The van der Waals surface area contributed by atoms with Crippen LogP contribution in [0.1, 0.15) is 15.9 Å². The van der Waals surface area contributed by atoms with Gasteiger partial charge in [-0.3, -0.25) is 9.35 Å². The number of amides is 1. The summed E-state index contributed by atoms with van der Waals surface area (Å²) in [5.74, 6) is -0.722. The summed E-state index contributed by atoms with van der Waals surface area (Å²) in [4.78, 5) is 11.9. The van der Waals surface area contributed by atoms with Crippen LogP contribution in [0, 0.1) is 0 Å². The van der Waals surface area contributed by atoms with Gasteiger partial charge in [0.15, 0.2) is 0 Å². The molecule has 0 bridgehead atoms. The number of halogens is 3. The summed E-state index contributed by atoms with van der Waals surface area (Å²) in [6.07, 6.45) is -4.52. The van der Waals surface area contributed by atoms with Crippen LogP contribution in [0.4, 0.5) is 18.9 Å². The molecule has 1 amide bonds. The van der Waals surface area contributed by atoms with Crippen LogP contribution < -0.4 is 5.32 Å². The average Bonchev–Trinajstić information content (AvgIpc) is 2.59. The van der Waals surface area contributed by atoms with Gasteiger partial charge >= 0.3 is 6.18 Å². The summed E-state index contributed by atoms with van der Waals surface area (Å²) in [7, 11) is -4.55. The first-order valence-electron chi connectivity index (χ1n) is 7.54. The van der Waals surface area contributed by atoms with Gasteiger partial charge in [-0.05, 0) is 41.8 Å². The second-order valence-corrected chi connectivity index (χ2v) is 7.09. The number of hydrogen-bond acceptors (Lipinski definition) is 3. The molecule has 0 saturated heterocycles. The lowest BCUT2D eigenvalue weighted by molar-refractivity contribution is -0.137. The molecule has 0 unspecified atom stereocenters. The van der Waals surface area contributed by atoms with Crippen LogP contribution in [-0.4, -0.2) is 18.9 Å². The van der Waals surface area contributed by atoms with Crippen molar-refractivity contribution in [1.29, 1.82) is 0 Å². The Bertz CT molecular complexity index is 1120. The highest BCUT2D eigenvalue weighted by molar-refractivity contribution is 7.86. The number of fused-ring (bicyclic) bond motifs is 1. The molecule has 0 saturated carbocycles. The van der Waals surface area contributed by atoms with Crippen LogP contribution in [0.25, 0.3) is 10.8 Å². The van der Waals surface area contributed by atoms with Crippen molar-refractivity contribution < 1.29 is 30.9 Å². The lowest BCUT2D eigenvalue weighted by Crippen LogP contribution is -2.13. The van der Waals surface area contributed by atoms with Gasteiger partial charge in [-0.25, -0.2) is 0 Å². The Kier molecular flexibility index (Phi) is 4.66. The van der Waals surface area contributed by atoms with Crippen molar-refractivity contribution in [3.63, 3.8) is 0 Å². The minimum absolute atomic E-state index is 0.0374. The maximum absolute atomic E-state index is 12.6. The van der Waals surface area contributed by atoms with Gasteiger partial charge in [-0.15, -0.1) is 0 Å². The zero-order valence-electron chi connectivity index (χ0n) is 13.5. The maximum Gasteiger partial charge on any atom is 0.416 e. The zero-order valence-corrected chi connectivity index (χ0v) is 14.3. The normalized spacial score (nSPS) is 12.1. The molecule has 3 rings (SSSR count). The van der Waals surface area contributed by atoms with Crippen LogP contribution in [0.2, 0.25) is 0 Å². The number of anilines is 1. The lowest BCUT2D eigenvalue weighted by Gasteiger charge is -2.11. The first-order valence-corrected chi connectivity index (χ1v) is 8.98. The molecule has 0 aliphatic carbocycles. The van der Waals surface area contributed by atoms with Crippen LogP contribution in [0.3, 0.4) is 0 Å². The Morgan fingerprint density at radius 3 is 2.19 bits per heavy atom. The fourth-order valence-electron chi connectivity index (χ4n) is 2.57. The van der Waals surface area contributed by atoms with Gasteiger partial charge in [0, 0.05) is 16.6 Å². The van der Waals surface area contributed by atoms with Gasteiger partial charge in [0.25, 0.3) is 16.0 Å². The largest absolute Gasteiger partial charge is 0.416 e. The molecule has 0 radical (unpaired) electrons. The molecule has 0 aliphatic rings. The standard InChI is InChI=1S/C18H12F3NO4S/c19-18(20,21)13-7-5-11(6-8-13)17(23)22-14-9-12-3-1-2-4-15(12)16(10-14)27(24,25)26/h1-10H,(H,22,23)(H,24,25,26). The number of benzene rings is 3. The third-order valence-electron chi connectivity index (χ3n) is 3.83. The molecule has 0 fully saturated rings. The van der Waals surface area contributed by atoms with E-state index in [1.54, 1.807) is 18.2 Å². The van der Waals surface area contributed by atoms with Gasteiger partial charge in [-0.2, -0.15) is 21.6 Å². The Morgan fingerprint density at radius 1 is 0.963 bits per heavy atom. The van der Waals surface area contributed by atoms with E-state index in [0.717, 1.165) is 30.3 Å². The third-order valence-corrected chi connectivity index (χ3v) is 4.73. The van der Waals surface area contributed by atoms with Gasteiger partial charge in [0.1, 0.15) is 4.90 Å².